The number of carbonyl (C=O) groups is 1. The van der Waals surface area contributed by atoms with Crippen molar-refractivity contribution in [3.8, 4) is 0 Å². The first-order chi connectivity index (χ1) is 7.84. The summed E-state index contributed by atoms with van der Waals surface area (Å²) in [6.07, 6.45) is 10.2. The molecule has 1 amide bonds. The smallest absolute Gasteiger partial charge is 0.220 e. The zero-order valence-electron chi connectivity index (χ0n) is 9.17. The fourth-order valence-electron chi connectivity index (χ4n) is 1.83. The number of nitrogens with zero attached hydrogens (tertiary/aromatic N) is 3. The van der Waals surface area contributed by atoms with E-state index in [0.717, 1.165) is 12.8 Å². The Morgan fingerprint density at radius 1 is 1.56 bits per heavy atom. The fraction of sp³-hybridized carbons (Fsp3) is 0.545. The number of rotatable bonds is 5. The van der Waals surface area contributed by atoms with Crippen molar-refractivity contribution in [2.24, 2.45) is 5.92 Å². The van der Waals surface area contributed by atoms with Crippen LogP contribution in [0.25, 0.3) is 0 Å². The Labute approximate surface area is 94.6 Å². The van der Waals surface area contributed by atoms with Gasteiger partial charge in [0.25, 0.3) is 0 Å². The van der Waals surface area contributed by atoms with Gasteiger partial charge in [0.15, 0.2) is 0 Å². The van der Waals surface area contributed by atoms with E-state index in [4.69, 9.17) is 0 Å². The molecule has 1 N–H and O–H groups in total. The van der Waals surface area contributed by atoms with Crippen LogP contribution in [0.2, 0.25) is 0 Å². The molecule has 0 radical (unpaired) electrons. The molecule has 16 heavy (non-hydrogen) atoms. The quantitative estimate of drug-likeness (QED) is 0.745. The molecule has 0 fully saturated rings. The molecule has 0 saturated carbocycles. The lowest BCUT2D eigenvalue weighted by Gasteiger charge is -2.08. The highest BCUT2D eigenvalue weighted by molar-refractivity contribution is 5.76. The maximum Gasteiger partial charge on any atom is 0.220 e. The Bertz CT molecular complexity index is 358. The van der Waals surface area contributed by atoms with Crippen LogP contribution in [0.5, 0.6) is 0 Å². The van der Waals surface area contributed by atoms with Gasteiger partial charge in [-0.2, -0.15) is 5.10 Å². The number of hydrogen-bond acceptors (Lipinski definition) is 3. The maximum absolute atomic E-state index is 11.5. The third kappa shape index (κ3) is 3.18. The van der Waals surface area contributed by atoms with Crippen molar-refractivity contribution in [3.63, 3.8) is 0 Å². The third-order valence-electron chi connectivity index (χ3n) is 2.69. The van der Waals surface area contributed by atoms with Gasteiger partial charge in [-0.25, -0.2) is 4.98 Å². The van der Waals surface area contributed by atoms with Crippen LogP contribution in [-0.4, -0.2) is 27.2 Å². The molecule has 1 heterocycles. The highest BCUT2D eigenvalue weighted by atomic mass is 16.1. The van der Waals surface area contributed by atoms with Crippen molar-refractivity contribution in [2.45, 2.75) is 25.8 Å². The zero-order valence-corrected chi connectivity index (χ0v) is 9.17. The Balaban J connectivity index is 1.62. The molecule has 0 aromatic carbocycles. The van der Waals surface area contributed by atoms with Crippen molar-refractivity contribution in [1.82, 2.24) is 20.1 Å². The summed E-state index contributed by atoms with van der Waals surface area (Å²) in [6.45, 7) is 1.28. The molecule has 0 unspecified atom stereocenters. The van der Waals surface area contributed by atoms with Gasteiger partial charge in [-0.15, -0.1) is 0 Å². The molecule has 1 aromatic rings. The predicted octanol–water partition coefficient (Wildman–Crippen LogP) is 0.751. The van der Waals surface area contributed by atoms with Crippen LogP contribution in [0, 0.1) is 5.92 Å². The summed E-state index contributed by atoms with van der Waals surface area (Å²) in [6, 6.07) is 0. The van der Waals surface area contributed by atoms with E-state index in [-0.39, 0.29) is 5.91 Å². The van der Waals surface area contributed by atoms with Crippen molar-refractivity contribution >= 4 is 5.91 Å². The summed E-state index contributed by atoms with van der Waals surface area (Å²) in [4.78, 5) is 15.4. The van der Waals surface area contributed by atoms with Crippen LogP contribution in [0.3, 0.4) is 0 Å². The van der Waals surface area contributed by atoms with E-state index in [1.165, 1.54) is 6.33 Å². The zero-order chi connectivity index (χ0) is 11.2. The maximum atomic E-state index is 11.5. The minimum atomic E-state index is 0.122. The average molecular weight is 220 g/mol. The second-order valence-electron chi connectivity index (χ2n) is 3.98. The number of hydrogen-bond donors (Lipinski definition) is 1. The standard InChI is InChI=1S/C11H16N4O/c16-11(7-10-3-1-2-4-10)13-5-6-15-9-12-8-14-15/h1,3,8-10H,2,4-7H2,(H,13,16)/t10-/m0/s1. The Hall–Kier alpha value is -1.65. The van der Waals surface area contributed by atoms with Crippen molar-refractivity contribution in [1.29, 1.82) is 0 Å². The number of carbonyl (C=O) groups excluding carboxylic acids is 1. The van der Waals surface area contributed by atoms with Crippen LogP contribution in [0.15, 0.2) is 24.8 Å². The molecule has 5 heteroatoms. The van der Waals surface area contributed by atoms with Gasteiger partial charge < -0.3 is 5.32 Å². The molecule has 1 atom stereocenters. The Morgan fingerprint density at radius 3 is 3.19 bits per heavy atom. The van der Waals surface area contributed by atoms with Crippen molar-refractivity contribution in [3.05, 3.63) is 24.8 Å². The summed E-state index contributed by atoms with van der Waals surface area (Å²) in [5.41, 5.74) is 0. The molecule has 1 aromatic heterocycles. The van der Waals surface area contributed by atoms with Crippen molar-refractivity contribution < 1.29 is 4.79 Å². The first kappa shape index (κ1) is 10.9. The van der Waals surface area contributed by atoms with E-state index in [9.17, 15) is 4.79 Å². The lowest BCUT2D eigenvalue weighted by atomic mass is 10.1. The van der Waals surface area contributed by atoms with Gasteiger partial charge in [-0.05, 0) is 18.8 Å². The van der Waals surface area contributed by atoms with Crippen LogP contribution >= 0.6 is 0 Å². The minimum absolute atomic E-state index is 0.122. The second kappa shape index (κ2) is 5.44. The van der Waals surface area contributed by atoms with E-state index in [0.29, 0.717) is 25.4 Å². The number of amides is 1. The molecule has 0 aliphatic heterocycles. The second-order valence-corrected chi connectivity index (χ2v) is 3.98. The molecule has 0 bridgehead atoms. The topological polar surface area (TPSA) is 59.8 Å². The Kier molecular flexibility index (Phi) is 3.69. The molecule has 2 rings (SSSR count). The molecular formula is C11H16N4O. The monoisotopic (exact) mass is 220 g/mol. The summed E-state index contributed by atoms with van der Waals surface area (Å²) >= 11 is 0. The van der Waals surface area contributed by atoms with Gasteiger partial charge in [0.05, 0.1) is 6.54 Å². The van der Waals surface area contributed by atoms with Gasteiger partial charge >= 0.3 is 0 Å². The van der Waals surface area contributed by atoms with Crippen LogP contribution in [-0.2, 0) is 11.3 Å². The summed E-state index contributed by atoms with van der Waals surface area (Å²) < 4.78 is 1.70. The predicted molar refractivity (Wildman–Crippen MR) is 59.5 cm³/mol. The fourth-order valence-corrected chi connectivity index (χ4v) is 1.83. The molecule has 1 aliphatic carbocycles. The van der Waals surface area contributed by atoms with Crippen molar-refractivity contribution in [2.75, 3.05) is 6.54 Å². The molecule has 5 nitrogen and oxygen atoms in total. The van der Waals surface area contributed by atoms with E-state index < -0.39 is 0 Å². The first-order valence-corrected chi connectivity index (χ1v) is 5.60. The molecular weight excluding hydrogens is 204 g/mol. The van der Waals surface area contributed by atoms with Crippen LogP contribution in [0.4, 0.5) is 0 Å². The van der Waals surface area contributed by atoms with Gasteiger partial charge in [-0.1, -0.05) is 12.2 Å². The number of aromatic nitrogens is 3. The van der Waals surface area contributed by atoms with Gasteiger partial charge in [0.2, 0.25) is 5.91 Å². The van der Waals surface area contributed by atoms with Gasteiger partial charge in [-0.3, -0.25) is 9.48 Å². The van der Waals surface area contributed by atoms with Crippen LogP contribution < -0.4 is 5.32 Å². The number of allylic oxidation sites excluding steroid dienone is 2. The van der Waals surface area contributed by atoms with E-state index in [1.807, 2.05) is 0 Å². The Morgan fingerprint density at radius 2 is 2.50 bits per heavy atom. The molecule has 86 valence electrons. The lowest BCUT2D eigenvalue weighted by molar-refractivity contribution is -0.121. The highest BCUT2D eigenvalue weighted by Gasteiger charge is 2.13. The number of nitrogens with one attached hydrogen (secondary N) is 1. The molecule has 1 aliphatic rings. The lowest BCUT2D eigenvalue weighted by Crippen LogP contribution is -2.28. The minimum Gasteiger partial charge on any atom is -0.354 e. The first-order valence-electron chi connectivity index (χ1n) is 5.60. The third-order valence-corrected chi connectivity index (χ3v) is 2.69. The van der Waals surface area contributed by atoms with Crippen LogP contribution in [0.1, 0.15) is 19.3 Å². The largest absolute Gasteiger partial charge is 0.354 e. The summed E-state index contributed by atoms with van der Waals surface area (Å²) in [5.74, 6) is 0.558. The summed E-state index contributed by atoms with van der Waals surface area (Å²) in [7, 11) is 0. The average Bonchev–Trinajstić information content (AvgIpc) is 2.90. The van der Waals surface area contributed by atoms with E-state index >= 15 is 0 Å². The summed E-state index contributed by atoms with van der Waals surface area (Å²) in [5, 5.41) is 6.85. The SMILES string of the molecule is O=C(C[C@H]1C=CCC1)NCCn1cncn1. The normalized spacial score (nSPS) is 18.9. The van der Waals surface area contributed by atoms with Gasteiger partial charge in [0.1, 0.15) is 12.7 Å². The highest BCUT2D eigenvalue weighted by Crippen LogP contribution is 2.19. The molecule has 0 saturated heterocycles. The van der Waals surface area contributed by atoms with Gasteiger partial charge in [0, 0.05) is 13.0 Å². The van der Waals surface area contributed by atoms with E-state index in [1.54, 1.807) is 11.0 Å². The van der Waals surface area contributed by atoms with E-state index in [2.05, 4.69) is 27.6 Å². The molecule has 0 spiro atoms.